The standard InChI is InChI=1S/C31H30F3N3O3/c1-3-5-9-28-36-30(39)26(31(40)37(28)27(4-2)20-14-22(33)16-23(34)15-20)13-18-7-6-8-19(12-18)24-11-10-21(32)17-25(24)29(35)38/h6-8,10-12,14-17,27,40H,3-5,9,13H2,1-2H3,(H2,35,38). The highest BCUT2D eigenvalue weighted by Gasteiger charge is 2.24. The zero-order valence-corrected chi connectivity index (χ0v) is 22.3. The third-order valence-electron chi connectivity index (χ3n) is 6.85. The first kappa shape index (κ1) is 28.6. The van der Waals surface area contributed by atoms with E-state index in [2.05, 4.69) is 4.98 Å². The lowest BCUT2D eigenvalue weighted by atomic mass is 9.95. The van der Waals surface area contributed by atoms with Gasteiger partial charge in [0.1, 0.15) is 23.3 Å². The molecule has 0 bridgehead atoms. The van der Waals surface area contributed by atoms with Gasteiger partial charge in [0.2, 0.25) is 11.8 Å². The van der Waals surface area contributed by atoms with Crippen molar-refractivity contribution in [2.75, 3.05) is 0 Å². The summed E-state index contributed by atoms with van der Waals surface area (Å²) in [5.41, 5.74) is 6.79. The second-order valence-electron chi connectivity index (χ2n) is 9.67. The van der Waals surface area contributed by atoms with Crippen LogP contribution in [0.2, 0.25) is 0 Å². The zero-order chi connectivity index (χ0) is 29.0. The first-order valence-corrected chi connectivity index (χ1v) is 13.1. The maximum atomic E-state index is 14.1. The quantitative estimate of drug-likeness (QED) is 0.251. The van der Waals surface area contributed by atoms with Crippen LogP contribution in [0.25, 0.3) is 11.1 Å². The molecule has 0 aliphatic carbocycles. The summed E-state index contributed by atoms with van der Waals surface area (Å²) in [7, 11) is 0. The van der Waals surface area contributed by atoms with Gasteiger partial charge in [-0.2, -0.15) is 4.98 Å². The number of aryl methyl sites for hydroxylation is 1. The minimum absolute atomic E-state index is 0.0115. The van der Waals surface area contributed by atoms with Gasteiger partial charge in [0.15, 0.2) is 0 Å². The smallest absolute Gasteiger partial charge is 0.280 e. The van der Waals surface area contributed by atoms with Gasteiger partial charge in [0, 0.05) is 24.5 Å². The van der Waals surface area contributed by atoms with Crippen molar-refractivity contribution >= 4 is 5.91 Å². The summed E-state index contributed by atoms with van der Waals surface area (Å²) < 4.78 is 43.5. The summed E-state index contributed by atoms with van der Waals surface area (Å²) in [5.74, 6) is -2.87. The average molecular weight is 550 g/mol. The Labute approximate surface area is 229 Å². The fourth-order valence-corrected chi connectivity index (χ4v) is 4.96. The first-order valence-electron chi connectivity index (χ1n) is 13.1. The lowest BCUT2D eigenvalue weighted by Gasteiger charge is -2.25. The molecule has 1 heterocycles. The number of benzene rings is 3. The lowest BCUT2D eigenvalue weighted by Crippen LogP contribution is -2.26. The lowest BCUT2D eigenvalue weighted by molar-refractivity contribution is 0.100. The van der Waals surface area contributed by atoms with Crippen LogP contribution in [0.15, 0.2) is 65.5 Å². The summed E-state index contributed by atoms with van der Waals surface area (Å²) in [6, 6.07) is 13.1. The fraction of sp³-hybridized carbons (Fsp3) is 0.258. The van der Waals surface area contributed by atoms with Crippen LogP contribution in [0, 0.1) is 17.5 Å². The van der Waals surface area contributed by atoms with Crippen LogP contribution >= 0.6 is 0 Å². The topological polar surface area (TPSA) is 98.2 Å². The second kappa shape index (κ2) is 12.2. The Hall–Kier alpha value is -4.40. The van der Waals surface area contributed by atoms with Gasteiger partial charge in [-0.1, -0.05) is 50.6 Å². The monoisotopic (exact) mass is 549 g/mol. The summed E-state index contributed by atoms with van der Waals surface area (Å²) in [6.07, 6.45) is 2.26. The molecule has 208 valence electrons. The summed E-state index contributed by atoms with van der Waals surface area (Å²) >= 11 is 0. The third kappa shape index (κ3) is 6.09. The summed E-state index contributed by atoms with van der Waals surface area (Å²) in [5, 5.41) is 11.5. The number of carbonyl (C=O) groups excluding carboxylic acids is 1. The molecule has 1 unspecified atom stereocenters. The number of amides is 1. The molecular weight excluding hydrogens is 519 g/mol. The minimum Gasteiger partial charge on any atom is -0.494 e. The molecule has 40 heavy (non-hydrogen) atoms. The summed E-state index contributed by atoms with van der Waals surface area (Å²) in [4.78, 5) is 29.4. The number of nitrogens with two attached hydrogens (primary N) is 1. The molecule has 6 nitrogen and oxygen atoms in total. The molecule has 0 spiro atoms. The van der Waals surface area contributed by atoms with Crippen molar-refractivity contribution in [3.63, 3.8) is 0 Å². The van der Waals surface area contributed by atoms with E-state index >= 15 is 0 Å². The Morgan fingerprint density at radius 1 is 1.00 bits per heavy atom. The van der Waals surface area contributed by atoms with Gasteiger partial charge in [-0.25, -0.2) is 13.2 Å². The van der Waals surface area contributed by atoms with Crippen molar-refractivity contribution < 1.29 is 23.1 Å². The number of unbranched alkanes of at least 4 members (excludes halogenated alkanes) is 1. The summed E-state index contributed by atoms with van der Waals surface area (Å²) in [6.45, 7) is 3.80. The molecule has 0 saturated heterocycles. The fourth-order valence-electron chi connectivity index (χ4n) is 4.96. The molecule has 0 aliphatic rings. The number of aromatic nitrogens is 2. The molecule has 4 aromatic rings. The number of rotatable bonds is 10. The molecule has 1 amide bonds. The molecule has 0 saturated carbocycles. The van der Waals surface area contributed by atoms with Crippen LogP contribution in [0.4, 0.5) is 13.2 Å². The number of carbonyl (C=O) groups is 1. The maximum Gasteiger partial charge on any atom is 0.280 e. The van der Waals surface area contributed by atoms with Crippen molar-refractivity contribution in [2.45, 2.75) is 52.0 Å². The van der Waals surface area contributed by atoms with Crippen LogP contribution in [-0.4, -0.2) is 20.6 Å². The Kier molecular flexibility index (Phi) is 8.72. The van der Waals surface area contributed by atoms with Crippen molar-refractivity contribution in [3.05, 3.63) is 117 Å². The number of aromatic hydroxyl groups is 1. The zero-order valence-electron chi connectivity index (χ0n) is 22.3. The van der Waals surface area contributed by atoms with Gasteiger partial charge < -0.3 is 10.8 Å². The van der Waals surface area contributed by atoms with E-state index in [1.807, 2.05) is 13.8 Å². The predicted octanol–water partition coefficient (Wildman–Crippen LogP) is 6.06. The van der Waals surface area contributed by atoms with Gasteiger partial charge in [0.25, 0.3) is 5.56 Å². The number of primary amides is 1. The minimum atomic E-state index is -0.785. The predicted molar refractivity (Wildman–Crippen MR) is 147 cm³/mol. The third-order valence-corrected chi connectivity index (χ3v) is 6.85. The Morgan fingerprint density at radius 2 is 1.73 bits per heavy atom. The molecule has 0 fully saturated rings. The van der Waals surface area contributed by atoms with E-state index in [-0.39, 0.29) is 23.4 Å². The first-order chi connectivity index (χ1) is 19.1. The van der Waals surface area contributed by atoms with Gasteiger partial charge in [-0.05, 0) is 59.4 Å². The largest absolute Gasteiger partial charge is 0.494 e. The van der Waals surface area contributed by atoms with Gasteiger partial charge in [-0.3, -0.25) is 14.2 Å². The molecule has 9 heteroatoms. The van der Waals surface area contributed by atoms with Crippen LogP contribution in [0.1, 0.15) is 72.0 Å². The molecule has 4 rings (SSSR count). The van der Waals surface area contributed by atoms with Gasteiger partial charge in [-0.15, -0.1) is 0 Å². The molecule has 3 aromatic carbocycles. The normalized spacial score (nSPS) is 11.9. The van der Waals surface area contributed by atoms with Crippen molar-refractivity contribution in [3.8, 4) is 17.0 Å². The number of hydrogen-bond acceptors (Lipinski definition) is 4. The average Bonchev–Trinajstić information content (AvgIpc) is 2.91. The van der Waals surface area contributed by atoms with Crippen LogP contribution in [-0.2, 0) is 12.8 Å². The van der Waals surface area contributed by atoms with Gasteiger partial charge >= 0.3 is 0 Å². The van der Waals surface area contributed by atoms with Crippen molar-refractivity contribution in [1.82, 2.24) is 9.55 Å². The van der Waals surface area contributed by atoms with Crippen LogP contribution < -0.4 is 11.3 Å². The molecule has 1 aromatic heterocycles. The SMILES string of the molecule is CCCCc1nc(=O)c(Cc2cccc(-c3ccc(F)cc3C(N)=O)c2)c(O)n1C(CC)c1cc(F)cc(F)c1. The second-order valence-corrected chi connectivity index (χ2v) is 9.67. The van der Waals surface area contributed by atoms with E-state index < -0.39 is 35.0 Å². The maximum absolute atomic E-state index is 14.1. The van der Waals surface area contributed by atoms with E-state index in [0.29, 0.717) is 47.3 Å². The number of halogens is 3. The molecular formula is C31H30F3N3O3. The van der Waals surface area contributed by atoms with E-state index in [1.165, 1.54) is 28.8 Å². The molecule has 3 N–H and O–H groups in total. The molecule has 1 atom stereocenters. The Bertz CT molecular complexity index is 1600. The molecule has 0 aliphatic heterocycles. The Morgan fingerprint density at radius 3 is 2.38 bits per heavy atom. The van der Waals surface area contributed by atoms with E-state index in [4.69, 9.17) is 5.73 Å². The van der Waals surface area contributed by atoms with Crippen molar-refractivity contribution in [2.24, 2.45) is 5.73 Å². The van der Waals surface area contributed by atoms with E-state index in [9.17, 15) is 27.9 Å². The van der Waals surface area contributed by atoms with E-state index in [1.54, 1.807) is 24.3 Å². The van der Waals surface area contributed by atoms with Crippen LogP contribution in [0.3, 0.4) is 0 Å². The molecule has 0 radical (unpaired) electrons. The Balaban J connectivity index is 1.82. The van der Waals surface area contributed by atoms with Crippen molar-refractivity contribution in [1.29, 1.82) is 0 Å². The van der Waals surface area contributed by atoms with E-state index in [0.717, 1.165) is 18.6 Å². The highest BCUT2D eigenvalue weighted by molar-refractivity contribution is 5.99. The highest BCUT2D eigenvalue weighted by atomic mass is 19.1. The highest BCUT2D eigenvalue weighted by Crippen LogP contribution is 2.32. The number of hydrogen-bond donors (Lipinski definition) is 2. The van der Waals surface area contributed by atoms with Crippen LogP contribution in [0.5, 0.6) is 5.88 Å². The number of nitrogens with zero attached hydrogens (tertiary/aromatic N) is 2. The van der Waals surface area contributed by atoms with Gasteiger partial charge in [0.05, 0.1) is 11.6 Å².